The maximum absolute atomic E-state index is 11.6. The second-order valence-electron chi connectivity index (χ2n) is 5.00. The molecular weight excluding hydrogens is 242 g/mol. The van der Waals surface area contributed by atoms with E-state index in [-0.39, 0.29) is 24.4 Å². The third-order valence-electron chi connectivity index (χ3n) is 3.37. The van der Waals surface area contributed by atoms with Crippen LogP contribution in [0.4, 0.5) is 5.69 Å². The molecule has 0 atom stereocenters. The Kier molecular flexibility index (Phi) is 4.55. The Morgan fingerprint density at radius 2 is 1.84 bits per heavy atom. The number of aryl methyl sites for hydroxylation is 1. The summed E-state index contributed by atoms with van der Waals surface area (Å²) in [4.78, 5) is 23.3. The van der Waals surface area contributed by atoms with Crippen LogP contribution in [0, 0.1) is 12.8 Å². The van der Waals surface area contributed by atoms with Gasteiger partial charge in [0.25, 0.3) is 5.91 Å². The molecule has 1 aromatic carbocycles. The normalized spacial score (nSPS) is 15.2. The summed E-state index contributed by atoms with van der Waals surface area (Å²) in [5.74, 6) is -0.543. The molecule has 4 heteroatoms. The molecule has 4 nitrogen and oxygen atoms in total. The van der Waals surface area contributed by atoms with Gasteiger partial charge in [-0.05, 0) is 31.9 Å². The highest BCUT2D eigenvalue weighted by Gasteiger charge is 2.24. The zero-order chi connectivity index (χ0) is 13.7. The van der Waals surface area contributed by atoms with Gasteiger partial charge in [-0.3, -0.25) is 9.59 Å². The van der Waals surface area contributed by atoms with Crippen LogP contribution in [-0.2, 0) is 14.3 Å². The van der Waals surface area contributed by atoms with E-state index in [1.54, 1.807) is 0 Å². The Bertz CT molecular complexity index is 447. The van der Waals surface area contributed by atoms with Gasteiger partial charge in [0.1, 0.15) is 0 Å². The highest BCUT2D eigenvalue weighted by molar-refractivity contribution is 5.92. The molecule has 0 unspecified atom stereocenters. The molecule has 1 aliphatic rings. The number of hydrogen-bond donors (Lipinski definition) is 1. The van der Waals surface area contributed by atoms with E-state index in [0.29, 0.717) is 5.69 Å². The first-order valence-corrected chi connectivity index (χ1v) is 6.68. The number of nitrogens with one attached hydrogen (secondary N) is 1. The van der Waals surface area contributed by atoms with Crippen LogP contribution in [0.15, 0.2) is 24.3 Å². The number of carbonyl (C=O) groups excluding carboxylic acids is 2. The SMILES string of the molecule is Cc1ccc(NC(=O)COC(=O)C2CCCC2)cc1. The molecule has 0 spiro atoms. The second-order valence-corrected chi connectivity index (χ2v) is 5.00. The van der Waals surface area contributed by atoms with Crippen molar-refractivity contribution in [1.29, 1.82) is 0 Å². The van der Waals surface area contributed by atoms with Crippen LogP contribution >= 0.6 is 0 Å². The lowest BCUT2D eigenvalue weighted by atomic mass is 10.1. The Labute approximate surface area is 113 Å². The van der Waals surface area contributed by atoms with E-state index in [9.17, 15) is 9.59 Å². The molecule has 1 saturated carbocycles. The number of esters is 1. The zero-order valence-corrected chi connectivity index (χ0v) is 11.1. The number of ether oxygens (including phenoxy) is 1. The molecule has 102 valence electrons. The maximum Gasteiger partial charge on any atom is 0.309 e. The van der Waals surface area contributed by atoms with Crippen LogP contribution < -0.4 is 5.32 Å². The number of rotatable bonds is 4. The molecule has 0 aliphatic heterocycles. The third kappa shape index (κ3) is 4.09. The molecule has 0 aromatic heterocycles. The summed E-state index contributed by atoms with van der Waals surface area (Å²) in [6.45, 7) is 1.78. The van der Waals surface area contributed by atoms with Gasteiger partial charge in [0.15, 0.2) is 6.61 Å². The first kappa shape index (κ1) is 13.6. The molecule has 19 heavy (non-hydrogen) atoms. The van der Waals surface area contributed by atoms with E-state index in [0.717, 1.165) is 31.2 Å². The van der Waals surface area contributed by atoms with Crippen molar-refractivity contribution in [3.63, 3.8) is 0 Å². The summed E-state index contributed by atoms with van der Waals surface area (Å²) in [5, 5.41) is 2.70. The van der Waals surface area contributed by atoms with Crippen molar-refractivity contribution >= 4 is 17.6 Å². The number of hydrogen-bond acceptors (Lipinski definition) is 3. The first-order valence-electron chi connectivity index (χ1n) is 6.68. The third-order valence-corrected chi connectivity index (χ3v) is 3.37. The van der Waals surface area contributed by atoms with Gasteiger partial charge in [0.2, 0.25) is 0 Å². The summed E-state index contributed by atoms with van der Waals surface area (Å²) >= 11 is 0. The summed E-state index contributed by atoms with van der Waals surface area (Å²) in [5.41, 5.74) is 1.85. The predicted octanol–water partition coefficient (Wildman–Crippen LogP) is 2.67. The fourth-order valence-corrected chi connectivity index (χ4v) is 2.25. The van der Waals surface area contributed by atoms with E-state index in [1.807, 2.05) is 31.2 Å². The van der Waals surface area contributed by atoms with E-state index in [1.165, 1.54) is 0 Å². The van der Waals surface area contributed by atoms with Crippen molar-refractivity contribution in [2.75, 3.05) is 11.9 Å². The fourth-order valence-electron chi connectivity index (χ4n) is 2.25. The van der Waals surface area contributed by atoms with Crippen molar-refractivity contribution in [3.05, 3.63) is 29.8 Å². The van der Waals surface area contributed by atoms with Crippen LogP contribution in [0.2, 0.25) is 0 Å². The number of carbonyl (C=O) groups is 2. The van der Waals surface area contributed by atoms with Crippen LogP contribution in [0.5, 0.6) is 0 Å². The van der Waals surface area contributed by atoms with Gasteiger partial charge in [0, 0.05) is 5.69 Å². The van der Waals surface area contributed by atoms with Gasteiger partial charge in [-0.25, -0.2) is 0 Å². The molecule has 1 N–H and O–H groups in total. The molecule has 2 rings (SSSR count). The minimum Gasteiger partial charge on any atom is -0.455 e. The monoisotopic (exact) mass is 261 g/mol. The average Bonchev–Trinajstić information content (AvgIpc) is 2.93. The van der Waals surface area contributed by atoms with E-state index < -0.39 is 0 Å². The molecule has 0 radical (unpaired) electrons. The molecular formula is C15H19NO3. The van der Waals surface area contributed by atoms with Crippen LogP contribution in [0.25, 0.3) is 0 Å². The van der Waals surface area contributed by atoms with E-state index in [4.69, 9.17) is 4.74 Å². The van der Waals surface area contributed by atoms with Crippen molar-refractivity contribution in [1.82, 2.24) is 0 Å². The molecule has 1 amide bonds. The molecule has 1 aromatic rings. The fraction of sp³-hybridized carbons (Fsp3) is 0.467. The summed E-state index contributed by atoms with van der Waals surface area (Å²) < 4.78 is 5.03. The smallest absolute Gasteiger partial charge is 0.309 e. The lowest BCUT2D eigenvalue weighted by Crippen LogP contribution is -2.23. The van der Waals surface area contributed by atoms with Gasteiger partial charge in [-0.1, -0.05) is 30.5 Å². The van der Waals surface area contributed by atoms with Crippen LogP contribution in [0.1, 0.15) is 31.2 Å². The van der Waals surface area contributed by atoms with Crippen molar-refractivity contribution in [3.8, 4) is 0 Å². The van der Waals surface area contributed by atoms with Crippen molar-refractivity contribution in [2.45, 2.75) is 32.6 Å². The summed E-state index contributed by atoms with van der Waals surface area (Å²) in [7, 11) is 0. The van der Waals surface area contributed by atoms with Gasteiger partial charge < -0.3 is 10.1 Å². The minimum absolute atomic E-state index is 0.00725. The topological polar surface area (TPSA) is 55.4 Å². The highest BCUT2D eigenvalue weighted by Crippen LogP contribution is 2.25. The minimum atomic E-state index is -0.296. The predicted molar refractivity (Wildman–Crippen MR) is 72.7 cm³/mol. The first-order chi connectivity index (χ1) is 9.15. The lowest BCUT2D eigenvalue weighted by molar-refractivity contribution is -0.151. The maximum atomic E-state index is 11.6. The van der Waals surface area contributed by atoms with Gasteiger partial charge in [-0.2, -0.15) is 0 Å². The Hall–Kier alpha value is -1.84. The molecule has 0 bridgehead atoms. The van der Waals surface area contributed by atoms with Gasteiger partial charge in [-0.15, -0.1) is 0 Å². The molecule has 0 saturated heterocycles. The van der Waals surface area contributed by atoms with Crippen molar-refractivity contribution in [2.24, 2.45) is 5.92 Å². The number of benzene rings is 1. The quantitative estimate of drug-likeness (QED) is 0.848. The summed E-state index contributed by atoms with van der Waals surface area (Å²) in [6.07, 6.45) is 3.93. The molecule has 1 fully saturated rings. The Morgan fingerprint density at radius 3 is 2.47 bits per heavy atom. The Balaban J connectivity index is 1.75. The van der Waals surface area contributed by atoms with Crippen LogP contribution in [-0.4, -0.2) is 18.5 Å². The standard InChI is InChI=1S/C15H19NO3/c1-11-6-8-13(9-7-11)16-14(17)10-19-15(18)12-4-2-3-5-12/h6-9,12H,2-5,10H2,1H3,(H,16,17). The number of anilines is 1. The van der Waals surface area contributed by atoms with Crippen molar-refractivity contribution < 1.29 is 14.3 Å². The zero-order valence-electron chi connectivity index (χ0n) is 11.1. The van der Waals surface area contributed by atoms with Crippen LogP contribution in [0.3, 0.4) is 0 Å². The van der Waals surface area contributed by atoms with Gasteiger partial charge >= 0.3 is 5.97 Å². The summed E-state index contributed by atoms with van der Waals surface area (Å²) in [6, 6.07) is 7.48. The van der Waals surface area contributed by atoms with E-state index in [2.05, 4.69) is 5.32 Å². The second kappa shape index (κ2) is 6.36. The number of amides is 1. The average molecular weight is 261 g/mol. The van der Waals surface area contributed by atoms with E-state index >= 15 is 0 Å². The lowest BCUT2D eigenvalue weighted by Gasteiger charge is -2.10. The Morgan fingerprint density at radius 1 is 1.21 bits per heavy atom. The largest absolute Gasteiger partial charge is 0.455 e. The highest BCUT2D eigenvalue weighted by atomic mass is 16.5. The molecule has 1 aliphatic carbocycles. The molecule has 0 heterocycles. The van der Waals surface area contributed by atoms with Gasteiger partial charge in [0.05, 0.1) is 5.92 Å².